The maximum Gasteiger partial charge on any atom is 0.139 e. The lowest BCUT2D eigenvalue weighted by molar-refractivity contribution is 0.415. The van der Waals surface area contributed by atoms with Crippen LogP contribution in [0.4, 0.5) is 5.69 Å². The Morgan fingerprint density at radius 1 is 1.12 bits per heavy atom. The molecule has 3 heterocycles. The van der Waals surface area contributed by atoms with Crippen LogP contribution in [0.15, 0.2) is 67.1 Å². The van der Waals surface area contributed by atoms with Gasteiger partial charge in [0.2, 0.25) is 0 Å². The Morgan fingerprint density at radius 2 is 2.00 bits per heavy atom. The average Bonchev–Trinajstić information content (AvgIpc) is 3.31. The van der Waals surface area contributed by atoms with Crippen LogP contribution >= 0.6 is 0 Å². The number of rotatable bonds is 6. The van der Waals surface area contributed by atoms with Crippen molar-refractivity contribution < 1.29 is 4.74 Å². The van der Waals surface area contributed by atoms with E-state index in [1.165, 1.54) is 0 Å². The second-order valence-corrected chi connectivity index (χ2v) is 5.88. The largest absolute Gasteiger partial charge is 0.497 e. The van der Waals surface area contributed by atoms with Crippen LogP contribution in [-0.4, -0.2) is 28.2 Å². The summed E-state index contributed by atoms with van der Waals surface area (Å²) in [5, 5.41) is 4.60. The van der Waals surface area contributed by atoms with Gasteiger partial charge in [-0.15, -0.1) is 0 Å². The highest BCUT2D eigenvalue weighted by atomic mass is 16.5. The zero-order valence-electron chi connectivity index (χ0n) is 14.1. The molecular weight excluding hydrogens is 312 g/mol. The molecule has 4 aromatic rings. The minimum Gasteiger partial charge on any atom is -0.497 e. The van der Waals surface area contributed by atoms with Gasteiger partial charge in [0.25, 0.3) is 0 Å². The van der Waals surface area contributed by atoms with Gasteiger partial charge in [-0.3, -0.25) is 0 Å². The van der Waals surface area contributed by atoms with E-state index in [1.807, 2.05) is 42.6 Å². The van der Waals surface area contributed by atoms with Gasteiger partial charge < -0.3 is 19.6 Å². The molecule has 0 bridgehead atoms. The molecule has 0 unspecified atom stereocenters. The number of H-pyrrole nitrogens is 1. The molecule has 0 radical (unpaired) electrons. The number of ether oxygens (including phenoxy) is 1. The molecule has 0 spiro atoms. The highest BCUT2D eigenvalue weighted by molar-refractivity contribution is 5.93. The number of hydrogen-bond donors (Lipinski definition) is 2. The molecule has 0 atom stereocenters. The van der Waals surface area contributed by atoms with E-state index < -0.39 is 0 Å². The molecule has 0 aliphatic rings. The Kier molecular flexibility index (Phi) is 4.12. The molecule has 0 fully saturated rings. The molecule has 0 aliphatic heterocycles. The van der Waals surface area contributed by atoms with E-state index in [4.69, 9.17) is 4.74 Å². The van der Waals surface area contributed by atoms with Crippen LogP contribution in [-0.2, 0) is 6.54 Å². The first-order valence-corrected chi connectivity index (χ1v) is 8.30. The van der Waals surface area contributed by atoms with E-state index in [-0.39, 0.29) is 0 Å². The van der Waals surface area contributed by atoms with E-state index in [0.717, 1.165) is 46.8 Å². The number of fused-ring (bicyclic) bond motifs is 1. The highest BCUT2D eigenvalue weighted by Gasteiger charge is 2.08. The van der Waals surface area contributed by atoms with Gasteiger partial charge in [-0.2, -0.15) is 0 Å². The molecular formula is C20H20N4O. The van der Waals surface area contributed by atoms with Crippen molar-refractivity contribution in [1.82, 2.24) is 14.5 Å². The molecule has 126 valence electrons. The van der Waals surface area contributed by atoms with Crippen molar-refractivity contribution in [2.24, 2.45) is 0 Å². The van der Waals surface area contributed by atoms with Gasteiger partial charge in [0.1, 0.15) is 11.4 Å². The number of methoxy groups -OCH3 is 1. The van der Waals surface area contributed by atoms with Crippen LogP contribution in [0.1, 0.15) is 0 Å². The maximum atomic E-state index is 5.32. The van der Waals surface area contributed by atoms with Gasteiger partial charge in [0, 0.05) is 54.0 Å². The van der Waals surface area contributed by atoms with Crippen LogP contribution in [0.5, 0.6) is 5.75 Å². The Balaban J connectivity index is 1.59. The Morgan fingerprint density at radius 3 is 2.84 bits per heavy atom. The minimum absolute atomic E-state index is 0.842. The number of pyridine rings is 1. The molecule has 1 aromatic carbocycles. The quantitative estimate of drug-likeness (QED) is 0.558. The first-order chi connectivity index (χ1) is 12.3. The van der Waals surface area contributed by atoms with Crippen molar-refractivity contribution >= 4 is 16.7 Å². The fourth-order valence-corrected chi connectivity index (χ4v) is 2.97. The Bertz CT molecular complexity index is 972. The van der Waals surface area contributed by atoms with Crippen LogP contribution in [0.3, 0.4) is 0 Å². The van der Waals surface area contributed by atoms with Crippen molar-refractivity contribution in [2.75, 3.05) is 19.0 Å². The highest BCUT2D eigenvalue weighted by Crippen LogP contribution is 2.29. The summed E-state index contributed by atoms with van der Waals surface area (Å²) >= 11 is 0. The number of hydrogen-bond acceptors (Lipinski definition) is 3. The van der Waals surface area contributed by atoms with Crippen molar-refractivity contribution in [3.63, 3.8) is 0 Å². The molecule has 0 aliphatic carbocycles. The normalized spacial score (nSPS) is 10.9. The SMILES string of the molecule is COc1cccc(-c2cc3c(NCCn4cccc4)ccnc3[nH]2)c1. The number of nitrogens with one attached hydrogen (secondary N) is 2. The molecule has 5 nitrogen and oxygen atoms in total. The van der Waals surface area contributed by atoms with E-state index in [1.54, 1.807) is 7.11 Å². The molecule has 2 N–H and O–H groups in total. The van der Waals surface area contributed by atoms with Crippen molar-refractivity contribution in [3.05, 3.63) is 67.1 Å². The summed E-state index contributed by atoms with van der Waals surface area (Å²) in [6, 6.07) is 16.2. The van der Waals surface area contributed by atoms with Crippen LogP contribution in [0, 0.1) is 0 Å². The third-order valence-electron chi connectivity index (χ3n) is 4.26. The average molecular weight is 332 g/mol. The number of anilines is 1. The third kappa shape index (κ3) is 3.21. The summed E-state index contributed by atoms with van der Waals surface area (Å²) in [4.78, 5) is 7.85. The van der Waals surface area contributed by atoms with Gasteiger partial charge in [-0.1, -0.05) is 12.1 Å². The van der Waals surface area contributed by atoms with Crippen molar-refractivity contribution in [2.45, 2.75) is 6.54 Å². The zero-order valence-corrected chi connectivity index (χ0v) is 14.1. The lowest BCUT2D eigenvalue weighted by atomic mass is 10.1. The predicted molar refractivity (Wildman–Crippen MR) is 101 cm³/mol. The maximum absolute atomic E-state index is 5.32. The summed E-state index contributed by atoms with van der Waals surface area (Å²) in [5.41, 5.74) is 4.07. The zero-order chi connectivity index (χ0) is 17.1. The first-order valence-electron chi connectivity index (χ1n) is 8.30. The fourth-order valence-electron chi connectivity index (χ4n) is 2.97. The summed E-state index contributed by atoms with van der Waals surface area (Å²) in [6.45, 7) is 1.78. The standard InChI is InChI=1S/C20H20N4O/c1-25-16-6-4-5-15(13-16)19-14-17-18(7-8-22-20(17)23-19)21-9-12-24-10-2-3-11-24/h2-8,10-11,13-14H,9,12H2,1H3,(H2,21,22,23). The Labute approximate surface area is 146 Å². The van der Waals surface area contributed by atoms with Gasteiger partial charge in [0.05, 0.1) is 7.11 Å². The fraction of sp³-hybridized carbons (Fsp3) is 0.150. The number of benzene rings is 1. The number of nitrogens with zero attached hydrogens (tertiary/aromatic N) is 2. The summed E-state index contributed by atoms with van der Waals surface area (Å²) in [7, 11) is 1.68. The molecule has 5 heteroatoms. The van der Waals surface area contributed by atoms with Crippen LogP contribution < -0.4 is 10.1 Å². The van der Waals surface area contributed by atoms with Crippen molar-refractivity contribution in [1.29, 1.82) is 0 Å². The van der Waals surface area contributed by atoms with E-state index in [9.17, 15) is 0 Å². The first kappa shape index (κ1) is 15.3. The van der Waals surface area contributed by atoms with E-state index in [2.05, 4.69) is 44.4 Å². The molecule has 4 rings (SSSR count). The van der Waals surface area contributed by atoms with Gasteiger partial charge in [0.15, 0.2) is 0 Å². The second kappa shape index (κ2) is 6.73. The second-order valence-electron chi connectivity index (χ2n) is 5.88. The Hall–Kier alpha value is -3.21. The molecule has 3 aromatic heterocycles. The topological polar surface area (TPSA) is 54.9 Å². The third-order valence-corrected chi connectivity index (χ3v) is 4.26. The predicted octanol–water partition coefficient (Wildman–Crippen LogP) is 4.15. The lowest BCUT2D eigenvalue weighted by Gasteiger charge is -2.08. The van der Waals surface area contributed by atoms with E-state index in [0.29, 0.717) is 0 Å². The monoisotopic (exact) mass is 332 g/mol. The molecule has 25 heavy (non-hydrogen) atoms. The molecule has 0 saturated carbocycles. The van der Waals surface area contributed by atoms with Gasteiger partial charge in [-0.25, -0.2) is 4.98 Å². The van der Waals surface area contributed by atoms with Gasteiger partial charge >= 0.3 is 0 Å². The summed E-state index contributed by atoms with van der Waals surface area (Å²) in [5.74, 6) is 0.842. The molecule has 0 amide bonds. The van der Waals surface area contributed by atoms with Crippen molar-refractivity contribution in [3.8, 4) is 17.0 Å². The van der Waals surface area contributed by atoms with Crippen LogP contribution in [0.25, 0.3) is 22.3 Å². The van der Waals surface area contributed by atoms with Crippen LogP contribution in [0.2, 0.25) is 0 Å². The number of aromatic nitrogens is 3. The minimum atomic E-state index is 0.842. The van der Waals surface area contributed by atoms with Gasteiger partial charge in [-0.05, 0) is 36.4 Å². The number of aromatic amines is 1. The molecule has 0 saturated heterocycles. The smallest absolute Gasteiger partial charge is 0.139 e. The van der Waals surface area contributed by atoms with E-state index >= 15 is 0 Å². The summed E-state index contributed by atoms with van der Waals surface area (Å²) in [6.07, 6.45) is 5.97. The summed E-state index contributed by atoms with van der Waals surface area (Å²) < 4.78 is 7.48. The lowest BCUT2D eigenvalue weighted by Crippen LogP contribution is -2.09.